The summed E-state index contributed by atoms with van der Waals surface area (Å²) < 4.78 is 0. The summed E-state index contributed by atoms with van der Waals surface area (Å²) in [4.78, 5) is 0. The van der Waals surface area contributed by atoms with Crippen molar-refractivity contribution in [1.29, 1.82) is 0 Å². The SMILES string of the molecule is CCCc1cc(O)ccc1-c1ccc(-c2ccc(O)cc2)cc1. The molecule has 0 atom stereocenters. The first-order chi connectivity index (χ1) is 11.2. The van der Waals surface area contributed by atoms with Crippen LogP contribution in [0.4, 0.5) is 0 Å². The molecule has 0 aliphatic heterocycles. The molecule has 2 N–H and O–H groups in total. The zero-order valence-electron chi connectivity index (χ0n) is 13.2. The Kier molecular flexibility index (Phi) is 4.33. The van der Waals surface area contributed by atoms with E-state index in [1.165, 1.54) is 11.1 Å². The molecular formula is C21H20O2. The highest BCUT2D eigenvalue weighted by molar-refractivity contribution is 5.73. The summed E-state index contributed by atoms with van der Waals surface area (Å²) in [6.07, 6.45) is 1.99. The first kappa shape index (κ1) is 15.2. The van der Waals surface area contributed by atoms with Crippen LogP contribution in [0.3, 0.4) is 0 Å². The molecule has 0 aliphatic rings. The van der Waals surface area contributed by atoms with E-state index in [-0.39, 0.29) is 5.75 Å². The first-order valence-corrected chi connectivity index (χ1v) is 7.89. The van der Waals surface area contributed by atoms with Gasteiger partial charge in [0.15, 0.2) is 0 Å². The van der Waals surface area contributed by atoms with E-state index in [9.17, 15) is 10.2 Å². The molecule has 0 unspecified atom stereocenters. The number of hydrogen-bond donors (Lipinski definition) is 2. The number of benzene rings is 3. The van der Waals surface area contributed by atoms with E-state index in [2.05, 4.69) is 31.2 Å². The highest BCUT2D eigenvalue weighted by atomic mass is 16.3. The summed E-state index contributed by atoms with van der Waals surface area (Å²) in [7, 11) is 0. The number of phenols is 2. The minimum absolute atomic E-state index is 0.277. The maximum absolute atomic E-state index is 9.71. The molecule has 0 heterocycles. The van der Waals surface area contributed by atoms with Crippen molar-refractivity contribution in [3.8, 4) is 33.8 Å². The Morgan fingerprint density at radius 1 is 0.652 bits per heavy atom. The molecule has 116 valence electrons. The van der Waals surface area contributed by atoms with Gasteiger partial charge < -0.3 is 10.2 Å². The van der Waals surface area contributed by atoms with Gasteiger partial charge in [-0.25, -0.2) is 0 Å². The lowest BCUT2D eigenvalue weighted by molar-refractivity contribution is 0.474. The summed E-state index contributed by atoms with van der Waals surface area (Å²) in [5.41, 5.74) is 5.68. The van der Waals surface area contributed by atoms with Crippen LogP contribution in [0.2, 0.25) is 0 Å². The average Bonchev–Trinajstić information content (AvgIpc) is 2.56. The molecule has 3 aromatic carbocycles. The normalized spacial score (nSPS) is 10.7. The van der Waals surface area contributed by atoms with Crippen molar-refractivity contribution in [2.45, 2.75) is 19.8 Å². The van der Waals surface area contributed by atoms with Gasteiger partial charge in [-0.2, -0.15) is 0 Å². The van der Waals surface area contributed by atoms with E-state index >= 15 is 0 Å². The van der Waals surface area contributed by atoms with E-state index in [1.807, 2.05) is 24.3 Å². The highest BCUT2D eigenvalue weighted by Crippen LogP contribution is 2.30. The zero-order chi connectivity index (χ0) is 16.2. The van der Waals surface area contributed by atoms with Crippen molar-refractivity contribution in [1.82, 2.24) is 0 Å². The topological polar surface area (TPSA) is 40.5 Å². The first-order valence-electron chi connectivity index (χ1n) is 7.89. The second kappa shape index (κ2) is 6.57. The molecule has 0 spiro atoms. The highest BCUT2D eigenvalue weighted by Gasteiger charge is 2.06. The summed E-state index contributed by atoms with van der Waals surface area (Å²) in [5.74, 6) is 0.594. The van der Waals surface area contributed by atoms with Crippen molar-refractivity contribution in [2.24, 2.45) is 0 Å². The van der Waals surface area contributed by atoms with E-state index in [4.69, 9.17) is 0 Å². The molecule has 3 aromatic rings. The van der Waals surface area contributed by atoms with Crippen molar-refractivity contribution in [3.63, 3.8) is 0 Å². The fraction of sp³-hybridized carbons (Fsp3) is 0.143. The molecular weight excluding hydrogens is 284 g/mol. The predicted octanol–water partition coefficient (Wildman–Crippen LogP) is 5.38. The van der Waals surface area contributed by atoms with Gasteiger partial charge in [0.25, 0.3) is 0 Å². The number of aryl methyl sites for hydroxylation is 1. The van der Waals surface area contributed by atoms with Crippen LogP contribution < -0.4 is 0 Å². The number of aromatic hydroxyl groups is 2. The monoisotopic (exact) mass is 304 g/mol. The third-order valence-electron chi connectivity index (χ3n) is 4.00. The van der Waals surface area contributed by atoms with Gasteiger partial charge in [0.1, 0.15) is 11.5 Å². The Labute approximate surface area is 136 Å². The van der Waals surface area contributed by atoms with Crippen molar-refractivity contribution in [2.75, 3.05) is 0 Å². The van der Waals surface area contributed by atoms with Crippen LogP contribution in [0.1, 0.15) is 18.9 Å². The summed E-state index contributed by atoms with van der Waals surface area (Å²) >= 11 is 0. The molecule has 23 heavy (non-hydrogen) atoms. The quantitative estimate of drug-likeness (QED) is 0.679. The van der Waals surface area contributed by atoms with Crippen LogP contribution in [-0.2, 0) is 6.42 Å². The zero-order valence-corrected chi connectivity index (χ0v) is 13.2. The second-order valence-electron chi connectivity index (χ2n) is 5.72. The lowest BCUT2D eigenvalue weighted by atomic mass is 9.95. The van der Waals surface area contributed by atoms with Gasteiger partial charge in [0.05, 0.1) is 0 Å². The molecule has 2 heteroatoms. The van der Waals surface area contributed by atoms with Crippen LogP contribution in [0, 0.1) is 0 Å². The predicted molar refractivity (Wildman–Crippen MR) is 94.6 cm³/mol. The molecule has 0 bridgehead atoms. The minimum Gasteiger partial charge on any atom is -0.508 e. The second-order valence-corrected chi connectivity index (χ2v) is 5.72. The molecule has 0 saturated carbocycles. The van der Waals surface area contributed by atoms with Gasteiger partial charge in [-0.15, -0.1) is 0 Å². The molecule has 0 amide bonds. The van der Waals surface area contributed by atoms with Crippen LogP contribution >= 0.6 is 0 Å². The van der Waals surface area contributed by atoms with Gasteiger partial charge in [0.2, 0.25) is 0 Å². The number of phenolic OH excluding ortho intramolecular Hbond substituents is 2. The molecule has 3 rings (SSSR count). The third-order valence-corrected chi connectivity index (χ3v) is 4.00. The number of hydrogen-bond acceptors (Lipinski definition) is 2. The van der Waals surface area contributed by atoms with Crippen LogP contribution in [0.15, 0.2) is 66.7 Å². The number of rotatable bonds is 4. The maximum atomic E-state index is 9.71. The molecule has 0 saturated heterocycles. The Balaban J connectivity index is 1.95. The molecule has 2 nitrogen and oxygen atoms in total. The smallest absolute Gasteiger partial charge is 0.115 e. The van der Waals surface area contributed by atoms with Crippen LogP contribution in [-0.4, -0.2) is 10.2 Å². The van der Waals surface area contributed by atoms with E-state index in [1.54, 1.807) is 18.2 Å². The third kappa shape index (κ3) is 3.37. The maximum Gasteiger partial charge on any atom is 0.115 e. The summed E-state index contributed by atoms with van der Waals surface area (Å²) in [6.45, 7) is 2.14. The Morgan fingerprint density at radius 2 is 1.17 bits per heavy atom. The van der Waals surface area contributed by atoms with Gasteiger partial charge in [-0.05, 0) is 58.5 Å². The lowest BCUT2D eigenvalue weighted by Crippen LogP contribution is -1.89. The fourth-order valence-electron chi connectivity index (χ4n) is 2.83. The standard InChI is InChI=1S/C21H20O2/c1-2-3-18-14-20(23)12-13-21(18)17-6-4-15(5-7-17)16-8-10-19(22)11-9-16/h4-14,22-23H,2-3H2,1H3. The molecule has 0 aromatic heterocycles. The molecule has 0 aliphatic carbocycles. The molecule has 0 radical (unpaired) electrons. The molecule has 0 fully saturated rings. The summed E-state index contributed by atoms with van der Waals surface area (Å²) in [6, 6.07) is 21.2. The largest absolute Gasteiger partial charge is 0.508 e. The Morgan fingerprint density at radius 3 is 1.78 bits per heavy atom. The lowest BCUT2D eigenvalue weighted by Gasteiger charge is -2.11. The van der Waals surface area contributed by atoms with Crippen LogP contribution in [0.5, 0.6) is 11.5 Å². The van der Waals surface area contributed by atoms with E-state index in [0.29, 0.717) is 5.75 Å². The van der Waals surface area contributed by atoms with Crippen molar-refractivity contribution >= 4 is 0 Å². The van der Waals surface area contributed by atoms with E-state index < -0.39 is 0 Å². The van der Waals surface area contributed by atoms with E-state index in [0.717, 1.165) is 29.5 Å². The van der Waals surface area contributed by atoms with Crippen molar-refractivity contribution in [3.05, 3.63) is 72.3 Å². The van der Waals surface area contributed by atoms with Crippen LogP contribution in [0.25, 0.3) is 22.3 Å². The fourth-order valence-corrected chi connectivity index (χ4v) is 2.83. The van der Waals surface area contributed by atoms with Gasteiger partial charge in [0, 0.05) is 0 Å². The van der Waals surface area contributed by atoms with Gasteiger partial charge in [-0.1, -0.05) is 55.8 Å². The average molecular weight is 304 g/mol. The summed E-state index contributed by atoms with van der Waals surface area (Å²) in [5, 5.41) is 19.1. The minimum atomic E-state index is 0.277. The van der Waals surface area contributed by atoms with Crippen molar-refractivity contribution < 1.29 is 10.2 Å². The Hall–Kier alpha value is -2.74. The van der Waals surface area contributed by atoms with Gasteiger partial charge in [-0.3, -0.25) is 0 Å². The van der Waals surface area contributed by atoms with Gasteiger partial charge >= 0.3 is 0 Å². The Bertz CT molecular complexity index is 787.